The molecule has 3 N–H and O–H groups in total. The van der Waals surface area contributed by atoms with Crippen LogP contribution < -0.4 is 30.5 Å². The number of pyridine rings is 2. The molecule has 0 bridgehead atoms. The number of halogens is 2. The van der Waals surface area contributed by atoms with E-state index in [0.717, 1.165) is 22.4 Å². The van der Waals surface area contributed by atoms with E-state index in [0.29, 0.717) is 28.7 Å². The number of carboxylic acid groups (broad SMARTS) is 1. The van der Waals surface area contributed by atoms with Gasteiger partial charge >= 0.3 is 5.97 Å². The summed E-state index contributed by atoms with van der Waals surface area (Å²) >= 11 is 0. The third kappa shape index (κ3) is 7.58. The zero-order valence-corrected chi connectivity index (χ0v) is 25.8. The summed E-state index contributed by atoms with van der Waals surface area (Å²) in [5, 5.41) is 15.1. The van der Waals surface area contributed by atoms with E-state index in [-0.39, 0.29) is 42.0 Å². The fraction of sp³-hybridized carbons (Fsp3) is 0.143. The largest absolute Gasteiger partial charge is 0.497 e. The summed E-state index contributed by atoms with van der Waals surface area (Å²) in [5.74, 6) is -2.72. The van der Waals surface area contributed by atoms with Gasteiger partial charge in [-0.05, 0) is 41.5 Å². The molecule has 0 saturated carbocycles. The van der Waals surface area contributed by atoms with Crippen LogP contribution in [0, 0.1) is 11.6 Å². The quantitative estimate of drug-likeness (QED) is 0.150. The number of aromatic nitrogens is 2. The molecule has 3 aromatic carbocycles. The van der Waals surface area contributed by atoms with Crippen molar-refractivity contribution in [1.29, 1.82) is 0 Å². The Bertz CT molecular complexity index is 2070. The van der Waals surface area contributed by atoms with Crippen LogP contribution >= 0.6 is 0 Å². The van der Waals surface area contributed by atoms with Crippen molar-refractivity contribution in [3.8, 4) is 11.5 Å². The molecule has 0 unspecified atom stereocenters. The zero-order valence-electron chi connectivity index (χ0n) is 25.8. The Morgan fingerprint density at radius 1 is 0.958 bits per heavy atom. The number of carbonyl (C=O) groups is 2. The van der Waals surface area contributed by atoms with Gasteiger partial charge in [-0.3, -0.25) is 9.59 Å². The number of hydrogen-bond acceptors (Lipinski definition) is 8. The van der Waals surface area contributed by atoms with Crippen molar-refractivity contribution < 1.29 is 37.8 Å². The summed E-state index contributed by atoms with van der Waals surface area (Å²) in [5.41, 5.74) is 0.522. The van der Waals surface area contributed by atoms with Gasteiger partial charge in [-0.2, -0.15) is 0 Å². The molecule has 5 rings (SSSR count). The van der Waals surface area contributed by atoms with E-state index in [2.05, 4.69) is 15.6 Å². The Morgan fingerprint density at radius 3 is 2.44 bits per heavy atom. The van der Waals surface area contributed by atoms with Crippen LogP contribution in [0.5, 0.6) is 11.5 Å². The molecule has 2 aromatic heterocycles. The van der Waals surface area contributed by atoms with Gasteiger partial charge in [0.1, 0.15) is 35.3 Å². The molecule has 1 amide bonds. The topological polar surface area (TPSA) is 141 Å². The Hall–Kier alpha value is -6.24. The number of ether oxygens (including phenoxy) is 2. The lowest BCUT2D eigenvalue weighted by atomic mass is 10.1. The Labute approximate surface area is 273 Å². The van der Waals surface area contributed by atoms with Crippen LogP contribution in [0.3, 0.4) is 0 Å². The summed E-state index contributed by atoms with van der Waals surface area (Å²) in [6, 6.07) is 18.6. The van der Waals surface area contributed by atoms with Crippen molar-refractivity contribution >= 4 is 34.7 Å². The number of carboxylic acids is 1. The molecule has 2 heterocycles. The van der Waals surface area contributed by atoms with Crippen molar-refractivity contribution in [2.45, 2.75) is 19.7 Å². The number of benzene rings is 3. The first-order chi connectivity index (χ1) is 23.2. The minimum atomic E-state index is -1.19. The van der Waals surface area contributed by atoms with Crippen molar-refractivity contribution in [1.82, 2.24) is 15.0 Å². The summed E-state index contributed by atoms with van der Waals surface area (Å²) < 4.78 is 39.6. The van der Waals surface area contributed by atoms with Gasteiger partial charge in [0.2, 0.25) is 0 Å². The summed E-state index contributed by atoms with van der Waals surface area (Å²) in [6.07, 6.45) is 3.59. The standard InChI is InChI=1S/C35H30F2N4O7/c1-46-26-12-10-24(29(16-26)47-2)19-38-32-27-14-22(8-13-30(42)43)17-39-33(27)41(48-20-21-6-4-3-5-7-21)35(45)31(32)34(44)40-18-23-9-11-25(36)15-28(23)37/h3-17,38H,18-20H2,1-2H3,(H,40,44)(H,42,43). The molecule has 0 aliphatic rings. The lowest BCUT2D eigenvalue weighted by Crippen LogP contribution is -2.37. The molecule has 13 heteroatoms. The van der Waals surface area contributed by atoms with Crippen LogP contribution in [-0.2, 0) is 24.5 Å². The second-order valence-electron chi connectivity index (χ2n) is 10.4. The number of nitrogens with one attached hydrogen (secondary N) is 2. The molecular weight excluding hydrogens is 626 g/mol. The maximum atomic E-state index is 14.4. The first-order valence-electron chi connectivity index (χ1n) is 14.5. The molecule has 48 heavy (non-hydrogen) atoms. The van der Waals surface area contributed by atoms with Gasteiger partial charge in [-0.25, -0.2) is 18.6 Å². The highest BCUT2D eigenvalue weighted by Gasteiger charge is 2.25. The van der Waals surface area contributed by atoms with Crippen molar-refractivity contribution in [3.63, 3.8) is 0 Å². The minimum absolute atomic E-state index is 0.00793. The van der Waals surface area contributed by atoms with E-state index in [1.807, 2.05) is 6.07 Å². The molecular formula is C35H30F2N4O7. The van der Waals surface area contributed by atoms with E-state index in [1.54, 1.807) is 48.5 Å². The molecule has 5 aromatic rings. The first kappa shape index (κ1) is 33.1. The number of methoxy groups -OCH3 is 2. The van der Waals surface area contributed by atoms with Crippen molar-refractivity contribution in [3.05, 3.63) is 135 Å². The molecule has 0 aliphatic carbocycles. The smallest absolute Gasteiger partial charge is 0.328 e. The summed E-state index contributed by atoms with van der Waals surface area (Å²) in [4.78, 5) is 49.6. The Morgan fingerprint density at radius 2 is 1.73 bits per heavy atom. The number of carbonyl (C=O) groups excluding carboxylic acids is 1. The lowest BCUT2D eigenvalue weighted by Gasteiger charge is -2.19. The second kappa shape index (κ2) is 14.9. The van der Waals surface area contributed by atoms with E-state index < -0.39 is 34.6 Å². The number of hydrogen-bond donors (Lipinski definition) is 3. The molecule has 11 nitrogen and oxygen atoms in total. The van der Waals surface area contributed by atoms with Gasteiger partial charge in [0.05, 0.1) is 19.9 Å². The molecule has 246 valence electrons. The van der Waals surface area contributed by atoms with Crippen LogP contribution in [0.1, 0.15) is 32.6 Å². The molecule has 0 spiro atoms. The third-order valence-corrected chi connectivity index (χ3v) is 7.25. The first-order valence-corrected chi connectivity index (χ1v) is 14.5. The average molecular weight is 657 g/mol. The third-order valence-electron chi connectivity index (χ3n) is 7.25. The highest BCUT2D eigenvalue weighted by Crippen LogP contribution is 2.29. The van der Waals surface area contributed by atoms with Gasteiger partial charge in [0.15, 0.2) is 5.65 Å². The average Bonchev–Trinajstić information content (AvgIpc) is 3.09. The number of amides is 1. The SMILES string of the molecule is COc1ccc(CNc2c(C(=O)NCc3ccc(F)cc3F)c(=O)n(OCc3ccccc3)c3ncc(C=CC(=O)O)cc23)c(OC)c1. The summed E-state index contributed by atoms with van der Waals surface area (Å²) in [6.45, 7) is -0.368. The molecule has 0 fully saturated rings. The van der Waals surface area contributed by atoms with Crippen LogP contribution in [0.15, 0.2) is 89.9 Å². The number of anilines is 1. The summed E-state index contributed by atoms with van der Waals surface area (Å²) in [7, 11) is 3.00. The number of fused-ring (bicyclic) bond motifs is 1. The minimum Gasteiger partial charge on any atom is -0.497 e. The fourth-order valence-electron chi connectivity index (χ4n) is 4.86. The fourth-order valence-corrected chi connectivity index (χ4v) is 4.86. The van der Waals surface area contributed by atoms with E-state index in [4.69, 9.17) is 14.3 Å². The van der Waals surface area contributed by atoms with E-state index in [9.17, 15) is 28.3 Å². The monoisotopic (exact) mass is 656 g/mol. The van der Waals surface area contributed by atoms with E-state index >= 15 is 0 Å². The van der Waals surface area contributed by atoms with Crippen molar-refractivity contribution in [2.75, 3.05) is 19.5 Å². The molecule has 0 radical (unpaired) electrons. The Kier molecular flexibility index (Phi) is 10.3. The zero-order chi connectivity index (χ0) is 34.2. The highest BCUT2D eigenvalue weighted by atomic mass is 19.1. The number of nitrogens with zero attached hydrogens (tertiary/aromatic N) is 2. The van der Waals surface area contributed by atoms with E-state index in [1.165, 1.54) is 32.6 Å². The van der Waals surface area contributed by atoms with Gasteiger partial charge < -0.3 is 30.1 Å². The van der Waals surface area contributed by atoms with Crippen LogP contribution in [0.4, 0.5) is 14.5 Å². The highest BCUT2D eigenvalue weighted by molar-refractivity contribution is 6.07. The second-order valence-corrected chi connectivity index (χ2v) is 10.4. The van der Waals surface area contributed by atoms with Gasteiger partial charge in [0, 0.05) is 54.0 Å². The van der Waals surface area contributed by atoms with Gasteiger partial charge in [0.25, 0.3) is 11.5 Å². The predicted octanol–water partition coefficient (Wildman–Crippen LogP) is 4.96. The Balaban J connectivity index is 1.66. The number of rotatable bonds is 13. The molecule has 0 saturated heterocycles. The normalized spacial score (nSPS) is 11.0. The van der Waals surface area contributed by atoms with Gasteiger partial charge in [-0.1, -0.05) is 36.4 Å². The van der Waals surface area contributed by atoms with Gasteiger partial charge in [-0.15, -0.1) is 4.73 Å². The lowest BCUT2D eigenvalue weighted by molar-refractivity contribution is -0.131. The van der Waals surface area contributed by atoms with Crippen LogP contribution in [0.2, 0.25) is 0 Å². The maximum absolute atomic E-state index is 14.4. The molecule has 0 atom stereocenters. The van der Waals surface area contributed by atoms with Crippen LogP contribution in [-0.4, -0.2) is 40.9 Å². The number of aliphatic carboxylic acids is 1. The van der Waals surface area contributed by atoms with Crippen molar-refractivity contribution in [2.24, 2.45) is 0 Å². The maximum Gasteiger partial charge on any atom is 0.328 e. The molecule has 0 aliphatic heterocycles. The van der Waals surface area contributed by atoms with Crippen LogP contribution in [0.25, 0.3) is 17.1 Å². The predicted molar refractivity (Wildman–Crippen MR) is 174 cm³/mol.